The molecule has 4 bridgehead atoms. The van der Waals surface area contributed by atoms with Crippen molar-refractivity contribution < 1.29 is 9.53 Å². The van der Waals surface area contributed by atoms with E-state index in [2.05, 4.69) is 20.7 Å². The van der Waals surface area contributed by atoms with Crippen molar-refractivity contribution in [1.29, 1.82) is 0 Å². The molecule has 0 radical (unpaired) electrons. The maximum atomic E-state index is 11.8. The van der Waals surface area contributed by atoms with Gasteiger partial charge in [0, 0.05) is 18.7 Å². The van der Waals surface area contributed by atoms with Crippen molar-refractivity contribution in [2.24, 2.45) is 0 Å². The molecule has 0 atom stereocenters. The minimum atomic E-state index is -0.124. The van der Waals surface area contributed by atoms with E-state index in [1.807, 2.05) is 40.9 Å². The lowest BCUT2D eigenvalue weighted by molar-refractivity contribution is -0.123. The molecule has 7 nitrogen and oxygen atoms in total. The van der Waals surface area contributed by atoms with Crippen LogP contribution >= 0.6 is 0 Å². The number of fused-ring (bicyclic) bond motifs is 4. The second kappa shape index (κ2) is 6.19. The van der Waals surface area contributed by atoms with Crippen LogP contribution in [0.3, 0.4) is 0 Å². The lowest BCUT2D eigenvalue weighted by Crippen LogP contribution is -2.30. The fourth-order valence-corrected chi connectivity index (χ4v) is 2.64. The van der Waals surface area contributed by atoms with Gasteiger partial charge >= 0.3 is 0 Å². The fraction of sp³-hybridized carbons (Fsp3) is 0.235. The quantitative estimate of drug-likeness (QED) is 0.658. The highest BCUT2D eigenvalue weighted by Gasteiger charge is 2.10. The molecule has 0 saturated heterocycles. The van der Waals surface area contributed by atoms with Crippen LogP contribution in [0, 0.1) is 0 Å². The molecule has 7 heteroatoms. The van der Waals surface area contributed by atoms with Gasteiger partial charge in [-0.2, -0.15) is 0 Å². The maximum Gasteiger partial charge on any atom is 0.257 e. The van der Waals surface area contributed by atoms with Gasteiger partial charge in [-0.3, -0.25) is 4.79 Å². The highest BCUT2D eigenvalue weighted by atomic mass is 16.5. The molecule has 1 amide bonds. The molecule has 0 aliphatic carbocycles. The number of aromatic nitrogens is 3. The molecule has 3 aromatic rings. The van der Waals surface area contributed by atoms with E-state index in [4.69, 9.17) is 4.74 Å². The summed E-state index contributed by atoms with van der Waals surface area (Å²) in [5.41, 5.74) is 2.58. The number of amides is 1. The molecule has 2 aromatic heterocycles. The molecule has 24 heavy (non-hydrogen) atoms. The van der Waals surface area contributed by atoms with E-state index in [0.29, 0.717) is 12.3 Å². The molecule has 1 aliphatic heterocycles. The van der Waals surface area contributed by atoms with Crippen molar-refractivity contribution >= 4 is 17.4 Å². The van der Waals surface area contributed by atoms with Crippen molar-refractivity contribution in [2.45, 2.75) is 6.42 Å². The van der Waals surface area contributed by atoms with Crippen LogP contribution in [-0.2, 0) is 4.79 Å². The largest absolute Gasteiger partial charge is 0.484 e. The van der Waals surface area contributed by atoms with Crippen LogP contribution in [0.1, 0.15) is 6.42 Å². The summed E-state index contributed by atoms with van der Waals surface area (Å²) in [7, 11) is 0. The Morgan fingerprint density at radius 2 is 2.04 bits per heavy atom. The summed E-state index contributed by atoms with van der Waals surface area (Å²) in [4.78, 5) is 16.2. The number of anilines is 1. The topological polar surface area (TPSA) is 80.5 Å². The Morgan fingerprint density at radius 1 is 1.12 bits per heavy atom. The summed E-state index contributed by atoms with van der Waals surface area (Å²) < 4.78 is 7.39. The predicted molar refractivity (Wildman–Crippen MR) is 90.0 cm³/mol. The zero-order valence-corrected chi connectivity index (χ0v) is 13.0. The molecule has 1 aromatic carbocycles. The van der Waals surface area contributed by atoms with E-state index in [9.17, 15) is 4.79 Å². The lowest BCUT2D eigenvalue weighted by atomic mass is 10.1. The Hall–Kier alpha value is -3.09. The number of carbonyl (C=O) groups excluding carboxylic acids is 1. The number of nitrogens with zero attached hydrogens (tertiary/aromatic N) is 3. The van der Waals surface area contributed by atoms with E-state index in [1.165, 1.54) is 0 Å². The molecule has 4 rings (SSSR count). The van der Waals surface area contributed by atoms with Gasteiger partial charge in [-0.25, -0.2) is 9.50 Å². The van der Waals surface area contributed by atoms with E-state index in [-0.39, 0.29) is 12.5 Å². The fourth-order valence-electron chi connectivity index (χ4n) is 2.64. The van der Waals surface area contributed by atoms with E-state index < -0.39 is 0 Å². The highest BCUT2D eigenvalue weighted by Crippen LogP contribution is 2.25. The third-order valence-corrected chi connectivity index (χ3v) is 3.84. The molecule has 0 unspecified atom stereocenters. The second-order valence-corrected chi connectivity index (χ2v) is 5.58. The second-order valence-electron chi connectivity index (χ2n) is 5.58. The van der Waals surface area contributed by atoms with Gasteiger partial charge in [0.05, 0.1) is 11.9 Å². The number of hydrogen-bond donors (Lipinski definition) is 2. The first-order valence-corrected chi connectivity index (χ1v) is 7.88. The molecular weight excluding hydrogens is 306 g/mol. The Bertz CT molecular complexity index is 890. The van der Waals surface area contributed by atoms with E-state index in [0.717, 1.165) is 35.7 Å². The zero-order chi connectivity index (χ0) is 16.4. The first-order chi connectivity index (χ1) is 11.8. The summed E-state index contributed by atoms with van der Waals surface area (Å²) in [6.07, 6.45) is 2.59. The van der Waals surface area contributed by atoms with Crippen molar-refractivity contribution in [3.63, 3.8) is 0 Å². The summed E-state index contributed by atoms with van der Waals surface area (Å²) in [6, 6.07) is 11.4. The number of hydrogen-bond acceptors (Lipinski definition) is 5. The minimum Gasteiger partial charge on any atom is -0.484 e. The van der Waals surface area contributed by atoms with Crippen LogP contribution in [0.2, 0.25) is 0 Å². The van der Waals surface area contributed by atoms with Gasteiger partial charge in [0.1, 0.15) is 11.6 Å². The minimum absolute atomic E-state index is 0.00466. The summed E-state index contributed by atoms with van der Waals surface area (Å²) in [5.74, 6) is 1.29. The summed E-state index contributed by atoms with van der Waals surface area (Å²) >= 11 is 0. The summed E-state index contributed by atoms with van der Waals surface area (Å²) in [5, 5.41) is 10.7. The third kappa shape index (κ3) is 2.88. The zero-order valence-electron chi connectivity index (χ0n) is 13.0. The SMILES string of the molecule is O=C1COc2cccc(c2)-c2cnc3ccc(nn23)NCCCN1. The Labute approximate surface area is 138 Å². The van der Waals surface area contributed by atoms with Crippen LogP contribution in [0.15, 0.2) is 42.6 Å². The van der Waals surface area contributed by atoms with E-state index in [1.54, 1.807) is 6.20 Å². The molecule has 0 spiro atoms. The smallest absolute Gasteiger partial charge is 0.257 e. The van der Waals surface area contributed by atoms with Crippen molar-refractivity contribution in [1.82, 2.24) is 19.9 Å². The van der Waals surface area contributed by atoms with Crippen LogP contribution in [0.25, 0.3) is 16.9 Å². The number of imidazole rings is 1. The normalized spacial score (nSPS) is 15.1. The van der Waals surface area contributed by atoms with Gasteiger partial charge in [-0.05, 0) is 30.7 Å². The molecule has 2 N–H and O–H groups in total. The van der Waals surface area contributed by atoms with E-state index >= 15 is 0 Å². The van der Waals surface area contributed by atoms with Crippen molar-refractivity contribution in [2.75, 3.05) is 25.0 Å². The average Bonchev–Trinajstić information content (AvgIpc) is 3.02. The molecular formula is C17H17N5O2. The van der Waals surface area contributed by atoms with Gasteiger partial charge < -0.3 is 15.4 Å². The first kappa shape index (κ1) is 14.5. The number of nitrogens with one attached hydrogen (secondary N) is 2. The summed E-state index contributed by atoms with van der Waals surface area (Å²) in [6.45, 7) is 1.32. The van der Waals surface area contributed by atoms with Gasteiger partial charge in [-0.15, -0.1) is 5.10 Å². The highest BCUT2D eigenvalue weighted by molar-refractivity contribution is 5.77. The van der Waals surface area contributed by atoms with Gasteiger partial charge in [0.25, 0.3) is 5.91 Å². The number of carbonyl (C=O) groups is 1. The lowest BCUT2D eigenvalue weighted by Gasteiger charge is -2.08. The number of benzene rings is 1. The number of rotatable bonds is 0. The molecule has 3 heterocycles. The van der Waals surface area contributed by atoms with Crippen LogP contribution in [-0.4, -0.2) is 40.2 Å². The molecule has 0 fully saturated rings. The Balaban J connectivity index is 1.78. The predicted octanol–water partition coefficient (Wildman–Crippen LogP) is 1.71. The van der Waals surface area contributed by atoms with Crippen LogP contribution in [0.4, 0.5) is 5.82 Å². The first-order valence-electron chi connectivity index (χ1n) is 7.88. The number of ether oxygens (including phenoxy) is 1. The molecule has 122 valence electrons. The average molecular weight is 323 g/mol. The standard InChI is InChI=1S/C17H17N5O2/c23-17-11-24-13-4-1-3-12(9-13)14-10-20-16-6-5-15(21-22(14)16)18-7-2-8-19-17/h1,3-6,9-10H,2,7-8,11H2,(H,18,21)(H,19,23). The van der Waals surface area contributed by atoms with Crippen molar-refractivity contribution in [3.05, 3.63) is 42.6 Å². The Morgan fingerprint density at radius 3 is 3.00 bits per heavy atom. The van der Waals surface area contributed by atoms with Crippen LogP contribution in [0.5, 0.6) is 5.75 Å². The Kier molecular flexibility index (Phi) is 3.74. The molecule has 1 aliphatic rings. The van der Waals surface area contributed by atoms with Crippen molar-refractivity contribution in [3.8, 4) is 17.0 Å². The maximum absolute atomic E-state index is 11.8. The van der Waals surface area contributed by atoms with Gasteiger partial charge in [0.2, 0.25) is 0 Å². The van der Waals surface area contributed by atoms with Gasteiger partial charge in [0.15, 0.2) is 12.3 Å². The van der Waals surface area contributed by atoms with Gasteiger partial charge in [-0.1, -0.05) is 12.1 Å². The third-order valence-electron chi connectivity index (χ3n) is 3.84. The van der Waals surface area contributed by atoms with Crippen LogP contribution < -0.4 is 15.4 Å². The monoisotopic (exact) mass is 323 g/mol. The molecule has 0 saturated carbocycles.